The minimum absolute atomic E-state index is 0.631. The van der Waals surface area contributed by atoms with Gasteiger partial charge in [0.2, 0.25) is 0 Å². The number of ether oxygens (including phenoxy) is 1. The molecule has 1 aromatic heterocycles. The summed E-state index contributed by atoms with van der Waals surface area (Å²) in [7, 11) is 0. The fraction of sp³-hybridized carbons (Fsp3) is 0.133. The minimum atomic E-state index is 0.631. The highest BCUT2D eigenvalue weighted by Gasteiger charge is 2.21. The van der Waals surface area contributed by atoms with Crippen LogP contribution >= 0.6 is 11.3 Å². The van der Waals surface area contributed by atoms with Gasteiger partial charge in [-0.25, -0.2) is 4.98 Å². The molecule has 2 N–H and O–H groups in total. The van der Waals surface area contributed by atoms with E-state index in [4.69, 9.17) is 10.5 Å². The Morgan fingerprint density at radius 2 is 2.05 bits per heavy atom. The van der Waals surface area contributed by atoms with Crippen molar-refractivity contribution < 1.29 is 4.74 Å². The highest BCUT2D eigenvalue weighted by atomic mass is 32.1. The van der Waals surface area contributed by atoms with E-state index in [9.17, 15) is 0 Å². The Hall–Kier alpha value is -2.07. The lowest BCUT2D eigenvalue weighted by Crippen LogP contribution is -1.98. The van der Waals surface area contributed by atoms with Crippen LogP contribution in [-0.4, -0.2) is 11.6 Å². The summed E-state index contributed by atoms with van der Waals surface area (Å²) in [5.74, 6) is 0.933. The first-order chi connectivity index (χ1) is 9.33. The average molecular weight is 268 g/mol. The quantitative estimate of drug-likeness (QED) is 0.679. The van der Waals surface area contributed by atoms with E-state index in [0.717, 1.165) is 28.8 Å². The molecular formula is C15H12N2OS. The fourth-order valence-corrected chi connectivity index (χ4v) is 3.41. The first kappa shape index (κ1) is 10.8. The number of fused-ring (bicyclic) bond motifs is 5. The van der Waals surface area contributed by atoms with Gasteiger partial charge in [-0.1, -0.05) is 30.3 Å². The van der Waals surface area contributed by atoms with E-state index >= 15 is 0 Å². The first-order valence-electron chi connectivity index (χ1n) is 6.23. The number of hydrogen-bond donors (Lipinski definition) is 1. The predicted molar refractivity (Wildman–Crippen MR) is 78.7 cm³/mol. The number of thiazole rings is 1. The molecular weight excluding hydrogens is 256 g/mol. The monoisotopic (exact) mass is 268 g/mol. The lowest BCUT2D eigenvalue weighted by molar-refractivity contribution is 0.331. The van der Waals surface area contributed by atoms with Crippen LogP contribution in [0.1, 0.15) is 4.88 Å². The summed E-state index contributed by atoms with van der Waals surface area (Å²) in [6.07, 6.45) is 0.868. The molecule has 1 aliphatic heterocycles. The number of anilines is 1. The van der Waals surface area contributed by atoms with E-state index in [1.165, 1.54) is 10.3 Å². The van der Waals surface area contributed by atoms with Gasteiger partial charge < -0.3 is 10.5 Å². The Labute approximate surface area is 114 Å². The second-order valence-corrected chi connectivity index (χ2v) is 5.70. The largest absolute Gasteiger partial charge is 0.492 e. The van der Waals surface area contributed by atoms with Gasteiger partial charge in [0, 0.05) is 22.2 Å². The molecule has 3 aromatic rings. The van der Waals surface area contributed by atoms with E-state index in [-0.39, 0.29) is 0 Å². The van der Waals surface area contributed by atoms with Gasteiger partial charge in [-0.15, -0.1) is 11.3 Å². The van der Waals surface area contributed by atoms with Gasteiger partial charge in [-0.2, -0.15) is 0 Å². The topological polar surface area (TPSA) is 48.1 Å². The molecule has 3 nitrogen and oxygen atoms in total. The summed E-state index contributed by atoms with van der Waals surface area (Å²) in [5, 5.41) is 2.96. The van der Waals surface area contributed by atoms with E-state index < -0.39 is 0 Å². The lowest BCUT2D eigenvalue weighted by Gasteiger charge is -2.10. The van der Waals surface area contributed by atoms with E-state index in [1.54, 1.807) is 11.3 Å². The van der Waals surface area contributed by atoms with Crippen LogP contribution in [0, 0.1) is 0 Å². The third-order valence-corrected chi connectivity index (χ3v) is 4.37. The second kappa shape index (κ2) is 3.96. The van der Waals surface area contributed by atoms with Gasteiger partial charge in [0.15, 0.2) is 5.13 Å². The zero-order valence-corrected chi connectivity index (χ0v) is 11.0. The van der Waals surface area contributed by atoms with Gasteiger partial charge in [0.25, 0.3) is 0 Å². The van der Waals surface area contributed by atoms with Crippen molar-refractivity contribution in [2.24, 2.45) is 0 Å². The zero-order chi connectivity index (χ0) is 12.8. The first-order valence-corrected chi connectivity index (χ1v) is 7.05. The highest BCUT2D eigenvalue weighted by Crippen LogP contribution is 2.41. The molecule has 2 heterocycles. The molecule has 19 heavy (non-hydrogen) atoms. The summed E-state index contributed by atoms with van der Waals surface area (Å²) in [5.41, 5.74) is 7.89. The van der Waals surface area contributed by atoms with E-state index in [2.05, 4.69) is 29.2 Å². The molecule has 2 aromatic carbocycles. The molecule has 4 heteroatoms. The molecule has 94 valence electrons. The number of benzene rings is 2. The zero-order valence-electron chi connectivity index (χ0n) is 10.2. The SMILES string of the molecule is Nc1nc2c(s1)CCOc1c-2ccc2ccccc12. The van der Waals surface area contributed by atoms with Gasteiger partial charge in [-0.05, 0) is 11.5 Å². The molecule has 1 aliphatic rings. The number of nitrogens with zero attached hydrogens (tertiary/aromatic N) is 1. The van der Waals surface area contributed by atoms with Gasteiger partial charge in [0.05, 0.1) is 12.3 Å². The highest BCUT2D eigenvalue weighted by molar-refractivity contribution is 7.15. The molecule has 0 unspecified atom stereocenters. The maximum atomic E-state index is 5.97. The van der Waals surface area contributed by atoms with Crippen molar-refractivity contribution >= 4 is 27.2 Å². The van der Waals surface area contributed by atoms with Crippen molar-refractivity contribution in [2.75, 3.05) is 12.3 Å². The van der Waals surface area contributed by atoms with Gasteiger partial charge in [0.1, 0.15) is 5.75 Å². The van der Waals surface area contributed by atoms with E-state index in [1.807, 2.05) is 12.1 Å². The Morgan fingerprint density at radius 3 is 3.00 bits per heavy atom. The number of hydrogen-bond acceptors (Lipinski definition) is 4. The summed E-state index contributed by atoms with van der Waals surface area (Å²) in [6.45, 7) is 0.676. The Bertz CT molecular complexity index is 779. The Balaban J connectivity index is 2.08. The van der Waals surface area contributed by atoms with Gasteiger partial charge >= 0.3 is 0 Å². The number of nitrogen functional groups attached to an aromatic ring is 1. The van der Waals surface area contributed by atoms with E-state index in [0.29, 0.717) is 11.7 Å². The van der Waals surface area contributed by atoms with Crippen LogP contribution in [0.4, 0.5) is 5.13 Å². The molecule has 0 amide bonds. The molecule has 0 saturated carbocycles. The van der Waals surface area contributed by atoms with Crippen molar-refractivity contribution in [1.82, 2.24) is 4.98 Å². The summed E-state index contributed by atoms with van der Waals surface area (Å²) in [4.78, 5) is 5.69. The van der Waals surface area contributed by atoms with Crippen LogP contribution in [0.3, 0.4) is 0 Å². The Morgan fingerprint density at radius 1 is 1.16 bits per heavy atom. The maximum absolute atomic E-state index is 5.97. The predicted octanol–water partition coefficient (Wildman–Crippen LogP) is 3.48. The van der Waals surface area contributed by atoms with Crippen LogP contribution in [0.25, 0.3) is 22.0 Å². The lowest BCUT2D eigenvalue weighted by atomic mass is 10.0. The molecule has 0 spiro atoms. The second-order valence-electron chi connectivity index (χ2n) is 4.59. The van der Waals surface area contributed by atoms with Crippen molar-refractivity contribution in [2.45, 2.75) is 6.42 Å². The van der Waals surface area contributed by atoms with Crippen LogP contribution in [0.15, 0.2) is 36.4 Å². The molecule has 0 bridgehead atoms. The van der Waals surface area contributed by atoms with Crippen LogP contribution in [-0.2, 0) is 6.42 Å². The van der Waals surface area contributed by atoms with Crippen molar-refractivity contribution in [1.29, 1.82) is 0 Å². The summed E-state index contributed by atoms with van der Waals surface area (Å²) >= 11 is 1.56. The van der Waals surface area contributed by atoms with Crippen LogP contribution in [0.2, 0.25) is 0 Å². The number of aromatic nitrogens is 1. The molecule has 0 aliphatic carbocycles. The maximum Gasteiger partial charge on any atom is 0.180 e. The molecule has 0 fully saturated rings. The number of nitrogens with two attached hydrogens (primary N) is 1. The van der Waals surface area contributed by atoms with Crippen LogP contribution < -0.4 is 10.5 Å². The number of rotatable bonds is 0. The van der Waals surface area contributed by atoms with Gasteiger partial charge in [-0.3, -0.25) is 0 Å². The normalized spacial score (nSPS) is 13.5. The minimum Gasteiger partial charge on any atom is -0.492 e. The van der Waals surface area contributed by atoms with Crippen molar-refractivity contribution in [3.8, 4) is 17.0 Å². The Kier molecular flexibility index (Phi) is 2.26. The molecule has 4 rings (SSSR count). The molecule has 0 radical (unpaired) electrons. The standard InChI is InChI=1S/C15H12N2OS/c16-15-17-13-11-6-5-9-3-1-2-4-10(9)14(11)18-8-7-12(13)19-15/h1-6H,7-8H2,(H2,16,17). The van der Waals surface area contributed by atoms with Crippen molar-refractivity contribution in [3.05, 3.63) is 41.3 Å². The molecule has 0 saturated heterocycles. The third kappa shape index (κ3) is 1.60. The average Bonchev–Trinajstić information content (AvgIpc) is 2.71. The van der Waals surface area contributed by atoms with Crippen LogP contribution in [0.5, 0.6) is 5.75 Å². The molecule has 0 atom stereocenters. The summed E-state index contributed by atoms with van der Waals surface area (Å²) < 4.78 is 5.97. The van der Waals surface area contributed by atoms with Crippen molar-refractivity contribution in [3.63, 3.8) is 0 Å². The smallest absolute Gasteiger partial charge is 0.180 e. The third-order valence-electron chi connectivity index (χ3n) is 3.42. The fourth-order valence-electron chi connectivity index (χ4n) is 2.58. The summed E-state index contributed by atoms with van der Waals surface area (Å²) in [6, 6.07) is 12.5.